The van der Waals surface area contributed by atoms with Crippen molar-refractivity contribution in [2.75, 3.05) is 5.32 Å². The van der Waals surface area contributed by atoms with Gasteiger partial charge in [0.1, 0.15) is 6.04 Å². The molecule has 0 radical (unpaired) electrons. The van der Waals surface area contributed by atoms with Crippen molar-refractivity contribution in [1.82, 2.24) is 10.3 Å². The summed E-state index contributed by atoms with van der Waals surface area (Å²) in [6.45, 7) is 1.62. The standard InChI is InChI=1S/C23H22N4O4S2/c1-14-8-9-16(12-21(14)33(24,30)31)26-22(28)19(27-23(29)20-7-4-10-32-20)11-15-13-25-18-6-3-2-5-17(15)18/h2-10,12-13,19,25H,11H2,1H3,(H,26,28)(H,27,29)(H2,24,30,31)/t19-/m0/s1. The minimum Gasteiger partial charge on any atom is -0.361 e. The van der Waals surface area contributed by atoms with Gasteiger partial charge in [0.25, 0.3) is 5.91 Å². The first kappa shape index (κ1) is 22.7. The molecule has 10 heteroatoms. The van der Waals surface area contributed by atoms with Crippen molar-refractivity contribution in [2.45, 2.75) is 24.3 Å². The second-order valence-corrected chi connectivity index (χ2v) is 10.1. The molecule has 2 amide bonds. The van der Waals surface area contributed by atoms with Crippen LogP contribution >= 0.6 is 11.3 Å². The van der Waals surface area contributed by atoms with Gasteiger partial charge in [-0.15, -0.1) is 11.3 Å². The van der Waals surface area contributed by atoms with Crippen LogP contribution in [0.25, 0.3) is 10.9 Å². The molecule has 0 aliphatic rings. The van der Waals surface area contributed by atoms with Crippen molar-refractivity contribution >= 4 is 49.8 Å². The van der Waals surface area contributed by atoms with Gasteiger partial charge in [-0.25, -0.2) is 13.6 Å². The van der Waals surface area contributed by atoms with Crippen LogP contribution in [0.4, 0.5) is 5.69 Å². The number of sulfonamides is 1. The van der Waals surface area contributed by atoms with Crippen molar-refractivity contribution in [2.24, 2.45) is 5.14 Å². The highest BCUT2D eigenvalue weighted by Crippen LogP contribution is 2.22. The van der Waals surface area contributed by atoms with Gasteiger partial charge in [-0.2, -0.15) is 0 Å². The highest BCUT2D eigenvalue weighted by Gasteiger charge is 2.24. The third-order valence-electron chi connectivity index (χ3n) is 5.23. The quantitative estimate of drug-likeness (QED) is 0.322. The Balaban J connectivity index is 1.62. The van der Waals surface area contributed by atoms with Crippen molar-refractivity contribution in [3.63, 3.8) is 0 Å². The van der Waals surface area contributed by atoms with Gasteiger partial charge in [0.15, 0.2) is 0 Å². The molecule has 1 atom stereocenters. The second kappa shape index (κ2) is 9.18. The Morgan fingerprint density at radius 3 is 2.64 bits per heavy atom. The number of thiophene rings is 1. The maximum absolute atomic E-state index is 13.2. The molecule has 33 heavy (non-hydrogen) atoms. The maximum Gasteiger partial charge on any atom is 0.262 e. The van der Waals surface area contributed by atoms with Crippen molar-refractivity contribution in [3.05, 3.63) is 82.2 Å². The Morgan fingerprint density at radius 2 is 1.91 bits per heavy atom. The minimum absolute atomic E-state index is 0.0731. The van der Waals surface area contributed by atoms with Gasteiger partial charge < -0.3 is 15.6 Å². The molecule has 8 nitrogen and oxygen atoms in total. The summed E-state index contributed by atoms with van der Waals surface area (Å²) >= 11 is 1.28. The molecule has 5 N–H and O–H groups in total. The maximum atomic E-state index is 13.2. The molecule has 0 spiro atoms. The van der Waals surface area contributed by atoms with Crippen LogP contribution in [0.3, 0.4) is 0 Å². The SMILES string of the molecule is Cc1ccc(NC(=O)[C@H](Cc2c[nH]c3ccccc23)NC(=O)c2cccs2)cc1S(N)(=O)=O. The fourth-order valence-electron chi connectivity index (χ4n) is 3.58. The molecule has 2 aromatic heterocycles. The number of anilines is 1. The summed E-state index contributed by atoms with van der Waals surface area (Å²) in [7, 11) is -3.95. The number of fused-ring (bicyclic) bond motifs is 1. The number of nitrogens with two attached hydrogens (primary N) is 1. The first-order valence-electron chi connectivity index (χ1n) is 10.1. The van der Waals surface area contributed by atoms with Crippen LogP contribution in [0, 0.1) is 6.92 Å². The number of amides is 2. The molecule has 0 aliphatic carbocycles. The molecule has 0 saturated carbocycles. The van der Waals surface area contributed by atoms with Gasteiger partial charge in [0.05, 0.1) is 9.77 Å². The van der Waals surface area contributed by atoms with E-state index in [-0.39, 0.29) is 22.9 Å². The van der Waals surface area contributed by atoms with Crippen LogP contribution in [0.5, 0.6) is 0 Å². The molecule has 0 aliphatic heterocycles. The van der Waals surface area contributed by atoms with E-state index in [1.165, 1.54) is 17.4 Å². The first-order chi connectivity index (χ1) is 15.7. The fraction of sp³-hybridized carbons (Fsp3) is 0.130. The van der Waals surface area contributed by atoms with Gasteiger partial charge >= 0.3 is 0 Å². The topological polar surface area (TPSA) is 134 Å². The Kier molecular flexibility index (Phi) is 6.32. The van der Waals surface area contributed by atoms with Gasteiger partial charge in [-0.3, -0.25) is 9.59 Å². The number of rotatable bonds is 7. The highest BCUT2D eigenvalue weighted by atomic mass is 32.2. The lowest BCUT2D eigenvalue weighted by Crippen LogP contribution is -2.45. The zero-order valence-corrected chi connectivity index (χ0v) is 19.3. The van der Waals surface area contributed by atoms with E-state index >= 15 is 0 Å². The lowest BCUT2D eigenvalue weighted by molar-refractivity contribution is -0.118. The third-order valence-corrected chi connectivity index (χ3v) is 7.15. The average molecular weight is 483 g/mol. The Hall–Kier alpha value is -3.47. The number of hydrogen-bond donors (Lipinski definition) is 4. The van der Waals surface area contributed by atoms with Crippen LogP contribution in [-0.4, -0.2) is 31.3 Å². The summed E-state index contributed by atoms with van der Waals surface area (Å²) in [5, 5.41) is 13.5. The largest absolute Gasteiger partial charge is 0.361 e. The van der Waals surface area contributed by atoms with Crippen molar-refractivity contribution in [3.8, 4) is 0 Å². The molecule has 4 rings (SSSR count). The number of aromatic amines is 1. The van der Waals surface area contributed by atoms with E-state index < -0.39 is 22.0 Å². The average Bonchev–Trinajstić information content (AvgIpc) is 3.44. The van der Waals surface area contributed by atoms with Crippen molar-refractivity contribution in [1.29, 1.82) is 0 Å². The summed E-state index contributed by atoms with van der Waals surface area (Å²) in [5.74, 6) is -0.839. The predicted octanol–water partition coefficient (Wildman–Crippen LogP) is 3.17. The van der Waals surface area contributed by atoms with E-state index in [4.69, 9.17) is 5.14 Å². The normalized spacial score (nSPS) is 12.4. The van der Waals surface area contributed by atoms with E-state index in [2.05, 4.69) is 15.6 Å². The molecule has 4 aromatic rings. The van der Waals surface area contributed by atoms with E-state index in [0.29, 0.717) is 10.4 Å². The Bertz CT molecular complexity index is 1430. The molecular formula is C23H22N4O4S2. The molecule has 0 bridgehead atoms. The number of H-pyrrole nitrogens is 1. The van der Waals surface area contributed by atoms with Crippen LogP contribution in [0.1, 0.15) is 20.8 Å². The van der Waals surface area contributed by atoms with E-state index in [0.717, 1.165) is 16.5 Å². The molecule has 2 aromatic carbocycles. The lowest BCUT2D eigenvalue weighted by atomic mass is 10.0. The highest BCUT2D eigenvalue weighted by molar-refractivity contribution is 7.89. The van der Waals surface area contributed by atoms with Gasteiger partial charge in [0.2, 0.25) is 15.9 Å². The Morgan fingerprint density at radius 1 is 1.12 bits per heavy atom. The summed E-state index contributed by atoms with van der Waals surface area (Å²) in [4.78, 5) is 29.5. The van der Waals surface area contributed by atoms with Gasteiger partial charge in [-0.05, 0) is 47.7 Å². The Labute approximate surface area is 194 Å². The minimum atomic E-state index is -3.95. The summed E-state index contributed by atoms with van der Waals surface area (Å²) in [5.41, 5.74) is 2.53. The van der Waals surface area contributed by atoms with E-state index in [1.807, 2.05) is 30.5 Å². The van der Waals surface area contributed by atoms with Crippen LogP contribution in [0.15, 0.2) is 71.1 Å². The monoisotopic (exact) mass is 482 g/mol. The van der Waals surface area contributed by atoms with Crippen LogP contribution < -0.4 is 15.8 Å². The van der Waals surface area contributed by atoms with Crippen LogP contribution in [0.2, 0.25) is 0 Å². The number of aryl methyl sites for hydroxylation is 1. The third kappa shape index (κ3) is 5.14. The van der Waals surface area contributed by atoms with Crippen molar-refractivity contribution < 1.29 is 18.0 Å². The molecule has 2 heterocycles. The van der Waals surface area contributed by atoms with Crippen LogP contribution in [-0.2, 0) is 21.2 Å². The summed E-state index contributed by atoms with van der Waals surface area (Å²) in [6, 6.07) is 14.7. The number of carbonyl (C=O) groups excluding carboxylic acids is 2. The summed E-state index contributed by atoms with van der Waals surface area (Å²) in [6.07, 6.45) is 2.05. The predicted molar refractivity (Wildman–Crippen MR) is 129 cm³/mol. The number of benzene rings is 2. The van der Waals surface area contributed by atoms with E-state index in [9.17, 15) is 18.0 Å². The first-order valence-corrected chi connectivity index (χ1v) is 12.5. The fourth-order valence-corrected chi connectivity index (χ4v) is 5.02. The molecule has 0 fully saturated rings. The molecule has 0 saturated heterocycles. The zero-order chi connectivity index (χ0) is 23.6. The van der Waals surface area contributed by atoms with Gasteiger partial charge in [0, 0.05) is 29.2 Å². The molecule has 0 unspecified atom stereocenters. The summed E-state index contributed by atoms with van der Waals surface area (Å²) < 4.78 is 23.7. The van der Waals surface area contributed by atoms with Gasteiger partial charge in [-0.1, -0.05) is 30.3 Å². The number of para-hydroxylation sites is 1. The molecular weight excluding hydrogens is 460 g/mol. The second-order valence-electron chi connectivity index (χ2n) is 7.58. The number of primary sulfonamides is 1. The number of hydrogen-bond acceptors (Lipinski definition) is 5. The van der Waals surface area contributed by atoms with E-state index in [1.54, 1.807) is 36.6 Å². The lowest BCUT2D eigenvalue weighted by Gasteiger charge is -2.18. The number of aromatic nitrogens is 1. The number of nitrogens with one attached hydrogen (secondary N) is 3. The zero-order valence-electron chi connectivity index (χ0n) is 17.7. The molecule has 170 valence electrons. The number of carbonyl (C=O) groups is 2. The smallest absolute Gasteiger partial charge is 0.262 e.